The smallest absolute Gasteiger partial charge is 0.342 e. The number of carbonyl (C=O) groups is 1. The Morgan fingerprint density at radius 2 is 1.79 bits per heavy atom. The molecule has 0 aliphatic heterocycles. The zero-order valence-electron chi connectivity index (χ0n) is 13.2. The molecule has 126 valence electrons. The molecule has 2 aromatic heterocycles. The Balaban J connectivity index is 1.79. The first-order valence-electron chi connectivity index (χ1n) is 8.47. The summed E-state index contributed by atoms with van der Waals surface area (Å²) in [6.45, 7) is 0. The number of hydrogen-bond donors (Lipinski definition) is 2. The minimum Gasteiger partial charge on any atom is -0.477 e. The predicted octanol–water partition coefficient (Wildman–Crippen LogP) is 1.10. The normalized spacial score (nSPS) is 34.1. The lowest BCUT2D eigenvalue weighted by Crippen LogP contribution is -2.52. The Kier molecular flexibility index (Phi) is 2.55. The average Bonchev–Trinajstić information content (AvgIpc) is 2.87. The van der Waals surface area contributed by atoms with Crippen molar-refractivity contribution >= 4 is 17.7 Å². The van der Waals surface area contributed by atoms with Gasteiger partial charge < -0.3 is 15.4 Å². The van der Waals surface area contributed by atoms with Gasteiger partial charge in [-0.3, -0.25) is 4.79 Å². The van der Waals surface area contributed by atoms with Crippen molar-refractivity contribution < 1.29 is 9.90 Å². The number of carboxylic acids is 1. The summed E-state index contributed by atoms with van der Waals surface area (Å²) >= 11 is 0. The van der Waals surface area contributed by atoms with E-state index in [9.17, 15) is 14.7 Å². The van der Waals surface area contributed by atoms with Crippen LogP contribution in [0.15, 0.2) is 11.0 Å². The molecule has 6 rings (SSSR count). The van der Waals surface area contributed by atoms with Crippen molar-refractivity contribution in [3.05, 3.63) is 22.1 Å². The van der Waals surface area contributed by atoms with Crippen molar-refractivity contribution in [1.29, 1.82) is 0 Å². The highest BCUT2D eigenvalue weighted by molar-refractivity contribution is 5.87. The van der Waals surface area contributed by atoms with E-state index in [0.717, 1.165) is 23.8 Å². The molecular weight excluding hydrogens is 310 g/mol. The molecule has 0 radical (unpaired) electrons. The van der Waals surface area contributed by atoms with Gasteiger partial charge in [0.05, 0.1) is 0 Å². The Labute approximate surface area is 137 Å². The van der Waals surface area contributed by atoms with Crippen LogP contribution in [0.2, 0.25) is 0 Å². The number of rotatable bonds is 2. The number of nitrogen functional groups attached to an aromatic ring is 1. The molecule has 3 N–H and O–H groups in total. The summed E-state index contributed by atoms with van der Waals surface area (Å²) in [5, 5.41) is 13.4. The van der Waals surface area contributed by atoms with Crippen molar-refractivity contribution in [2.45, 2.75) is 44.1 Å². The van der Waals surface area contributed by atoms with Gasteiger partial charge in [0.15, 0.2) is 0 Å². The fourth-order valence-corrected chi connectivity index (χ4v) is 5.82. The van der Waals surface area contributed by atoms with Crippen molar-refractivity contribution in [2.24, 2.45) is 17.8 Å². The first kappa shape index (κ1) is 14.0. The number of carboxylic acid groups (broad SMARTS) is 1. The molecular formula is C16H19N5O3. The summed E-state index contributed by atoms with van der Waals surface area (Å²) in [5.41, 5.74) is 4.59. The lowest BCUT2D eigenvalue weighted by molar-refractivity contribution is -0.0419. The van der Waals surface area contributed by atoms with Crippen molar-refractivity contribution in [3.8, 4) is 0 Å². The topological polar surface area (TPSA) is 116 Å². The van der Waals surface area contributed by atoms with Gasteiger partial charge >= 0.3 is 5.97 Å². The van der Waals surface area contributed by atoms with Gasteiger partial charge in [-0.15, -0.1) is 5.10 Å². The predicted molar refractivity (Wildman–Crippen MR) is 84.8 cm³/mol. The van der Waals surface area contributed by atoms with Crippen LogP contribution in [0, 0.1) is 17.8 Å². The Bertz CT molecular complexity index is 892. The average molecular weight is 329 g/mol. The van der Waals surface area contributed by atoms with Gasteiger partial charge in [-0.2, -0.15) is 9.50 Å². The number of hydrogen-bond acceptors (Lipinski definition) is 5. The van der Waals surface area contributed by atoms with Crippen LogP contribution in [-0.2, 0) is 5.54 Å². The lowest BCUT2D eigenvalue weighted by Gasteiger charge is -2.57. The number of anilines is 1. The van der Waals surface area contributed by atoms with Crippen LogP contribution in [-0.4, -0.2) is 30.2 Å². The van der Waals surface area contributed by atoms with Crippen molar-refractivity contribution in [3.63, 3.8) is 0 Å². The zero-order valence-corrected chi connectivity index (χ0v) is 13.2. The Morgan fingerprint density at radius 1 is 1.21 bits per heavy atom. The van der Waals surface area contributed by atoms with E-state index in [1.807, 2.05) is 4.57 Å². The van der Waals surface area contributed by atoms with Crippen LogP contribution in [0.4, 0.5) is 5.95 Å². The van der Waals surface area contributed by atoms with Gasteiger partial charge in [-0.25, -0.2) is 4.79 Å². The summed E-state index contributed by atoms with van der Waals surface area (Å²) in [4.78, 5) is 28.1. The second kappa shape index (κ2) is 4.37. The molecule has 0 amide bonds. The van der Waals surface area contributed by atoms with Crippen LogP contribution in [0.3, 0.4) is 0 Å². The van der Waals surface area contributed by atoms with Gasteiger partial charge in [0.1, 0.15) is 5.56 Å². The minimum absolute atomic E-state index is 0.00637. The number of nitrogens with zero attached hydrogens (tertiary/aromatic N) is 4. The van der Waals surface area contributed by atoms with E-state index in [2.05, 4.69) is 10.1 Å². The molecule has 2 heterocycles. The highest BCUT2D eigenvalue weighted by Gasteiger charge is 2.52. The molecule has 0 unspecified atom stereocenters. The van der Waals surface area contributed by atoms with E-state index < -0.39 is 11.5 Å². The molecule has 8 nitrogen and oxygen atoms in total. The lowest BCUT2D eigenvalue weighted by atomic mass is 9.53. The fourth-order valence-electron chi connectivity index (χ4n) is 5.82. The van der Waals surface area contributed by atoms with E-state index in [-0.39, 0.29) is 17.1 Å². The van der Waals surface area contributed by atoms with Crippen LogP contribution in [0.5, 0.6) is 0 Å². The van der Waals surface area contributed by atoms with Gasteiger partial charge in [0.2, 0.25) is 11.7 Å². The number of aromatic nitrogens is 4. The summed E-state index contributed by atoms with van der Waals surface area (Å²) in [5.74, 6) is 1.17. The maximum absolute atomic E-state index is 12.4. The summed E-state index contributed by atoms with van der Waals surface area (Å²) in [6, 6.07) is 0. The fraction of sp³-hybridized carbons (Fsp3) is 0.625. The van der Waals surface area contributed by atoms with E-state index >= 15 is 0 Å². The highest BCUT2D eigenvalue weighted by atomic mass is 16.4. The third-order valence-electron chi connectivity index (χ3n) is 6.25. The summed E-state index contributed by atoms with van der Waals surface area (Å²) in [7, 11) is 0. The molecule has 24 heavy (non-hydrogen) atoms. The van der Waals surface area contributed by atoms with Gasteiger partial charge in [0.25, 0.3) is 5.56 Å². The molecule has 0 atom stereocenters. The van der Waals surface area contributed by atoms with Crippen LogP contribution in [0.1, 0.15) is 48.9 Å². The monoisotopic (exact) mass is 329 g/mol. The highest BCUT2D eigenvalue weighted by Crippen LogP contribution is 2.59. The first-order chi connectivity index (χ1) is 11.4. The summed E-state index contributed by atoms with van der Waals surface area (Å²) in [6.07, 6.45) is 8.35. The van der Waals surface area contributed by atoms with Gasteiger partial charge in [0, 0.05) is 11.7 Å². The van der Waals surface area contributed by atoms with Crippen LogP contribution < -0.4 is 11.3 Å². The van der Waals surface area contributed by atoms with Crippen molar-refractivity contribution in [1.82, 2.24) is 19.2 Å². The molecule has 0 spiro atoms. The quantitative estimate of drug-likeness (QED) is 0.852. The SMILES string of the molecule is Nc1nc2n(C34CC5CC(CC(C5)C3)C4)cc(C(=O)O)c(=O)n2n1. The molecule has 4 aliphatic rings. The summed E-state index contributed by atoms with van der Waals surface area (Å²) < 4.78 is 2.96. The minimum atomic E-state index is -1.24. The molecule has 4 saturated carbocycles. The molecule has 4 bridgehead atoms. The maximum atomic E-state index is 12.4. The van der Waals surface area contributed by atoms with Crippen LogP contribution in [0.25, 0.3) is 5.78 Å². The van der Waals surface area contributed by atoms with E-state index in [4.69, 9.17) is 5.73 Å². The Morgan fingerprint density at radius 3 is 2.33 bits per heavy atom. The van der Waals surface area contributed by atoms with E-state index in [1.54, 1.807) is 0 Å². The third kappa shape index (κ3) is 1.73. The molecule has 0 saturated heterocycles. The first-order valence-corrected chi connectivity index (χ1v) is 8.47. The molecule has 4 fully saturated rings. The molecule has 0 aromatic carbocycles. The van der Waals surface area contributed by atoms with Crippen molar-refractivity contribution in [2.75, 3.05) is 5.73 Å². The zero-order chi connectivity index (χ0) is 16.6. The Hall–Kier alpha value is -2.38. The standard InChI is InChI=1S/C16H19N5O3/c17-14-18-15-20(7-11(13(23)24)12(22)21(15)19-14)16-4-8-1-9(5-16)3-10(2-8)6-16/h7-10H,1-6H2,(H2,17,19)(H,23,24). The number of nitrogens with two attached hydrogens (primary N) is 1. The number of aromatic carboxylic acids is 1. The van der Waals surface area contributed by atoms with E-state index in [0.29, 0.717) is 23.5 Å². The van der Waals surface area contributed by atoms with Gasteiger partial charge in [-0.1, -0.05) is 0 Å². The van der Waals surface area contributed by atoms with Crippen LogP contribution >= 0.6 is 0 Å². The third-order valence-corrected chi connectivity index (χ3v) is 6.25. The number of fused-ring (bicyclic) bond motifs is 1. The molecule has 4 aliphatic carbocycles. The maximum Gasteiger partial charge on any atom is 0.342 e. The van der Waals surface area contributed by atoms with E-state index in [1.165, 1.54) is 25.5 Å². The van der Waals surface area contributed by atoms with Gasteiger partial charge in [-0.05, 0) is 56.3 Å². The second-order valence-corrected chi connectivity index (χ2v) is 7.85. The molecule has 2 aromatic rings. The molecule has 8 heteroatoms. The second-order valence-electron chi connectivity index (χ2n) is 7.85. The largest absolute Gasteiger partial charge is 0.477 e.